The first kappa shape index (κ1) is 21.3. The summed E-state index contributed by atoms with van der Waals surface area (Å²) in [6, 6.07) is 6.60. The van der Waals surface area contributed by atoms with Crippen molar-refractivity contribution in [2.75, 3.05) is 57.4 Å². The topological polar surface area (TPSA) is 40.1 Å². The van der Waals surface area contributed by atoms with Gasteiger partial charge in [-0.3, -0.25) is 4.99 Å². The second-order valence-corrected chi connectivity index (χ2v) is 7.67. The zero-order valence-electron chi connectivity index (χ0n) is 16.5. The van der Waals surface area contributed by atoms with Crippen LogP contribution >= 0.6 is 24.0 Å². The molecular formula is C20H33IN4O. The largest absolute Gasteiger partial charge is 0.380 e. The summed E-state index contributed by atoms with van der Waals surface area (Å²) in [7, 11) is 0. The van der Waals surface area contributed by atoms with Crippen LogP contribution in [-0.4, -0.2) is 63.3 Å². The Hall–Kier alpha value is -1.02. The molecule has 1 aromatic carbocycles. The number of anilines is 1. The normalized spacial score (nSPS) is 19.6. The van der Waals surface area contributed by atoms with Crippen molar-refractivity contribution >= 4 is 35.6 Å². The highest BCUT2D eigenvalue weighted by Gasteiger charge is 2.33. The fraction of sp³-hybridized carbons (Fsp3) is 0.650. The molecular weight excluding hydrogens is 439 g/mol. The smallest absolute Gasteiger partial charge is 0.194 e. The first-order chi connectivity index (χ1) is 12.0. The molecule has 1 N–H and O–H groups in total. The third-order valence-electron chi connectivity index (χ3n) is 5.34. The van der Waals surface area contributed by atoms with Crippen LogP contribution in [0.2, 0.25) is 0 Å². The zero-order chi connectivity index (χ0) is 17.9. The minimum Gasteiger partial charge on any atom is -0.380 e. The molecule has 0 radical (unpaired) electrons. The summed E-state index contributed by atoms with van der Waals surface area (Å²) in [4.78, 5) is 9.79. The maximum Gasteiger partial charge on any atom is 0.194 e. The fourth-order valence-electron chi connectivity index (χ4n) is 3.47. The van der Waals surface area contributed by atoms with Gasteiger partial charge < -0.3 is 19.9 Å². The molecule has 0 bridgehead atoms. The van der Waals surface area contributed by atoms with E-state index in [0.717, 1.165) is 58.4 Å². The lowest BCUT2D eigenvalue weighted by molar-refractivity contribution is -0.0946. The number of aryl methyl sites for hydroxylation is 1. The van der Waals surface area contributed by atoms with Gasteiger partial charge in [0.1, 0.15) is 0 Å². The Morgan fingerprint density at radius 3 is 2.46 bits per heavy atom. The van der Waals surface area contributed by atoms with Crippen molar-refractivity contribution in [2.45, 2.75) is 27.7 Å². The maximum atomic E-state index is 5.35. The number of nitrogens with zero attached hydrogens (tertiary/aromatic N) is 3. The van der Waals surface area contributed by atoms with Crippen LogP contribution in [0.3, 0.4) is 0 Å². The van der Waals surface area contributed by atoms with Gasteiger partial charge >= 0.3 is 0 Å². The van der Waals surface area contributed by atoms with Gasteiger partial charge in [-0.25, -0.2) is 0 Å². The summed E-state index contributed by atoms with van der Waals surface area (Å²) in [6.07, 6.45) is 0. The minimum absolute atomic E-state index is 0. The van der Waals surface area contributed by atoms with Crippen molar-refractivity contribution < 1.29 is 4.74 Å². The van der Waals surface area contributed by atoms with Crippen molar-refractivity contribution in [1.82, 2.24) is 10.2 Å². The lowest BCUT2D eigenvalue weighted by Crippen LogP contribution is -2.53. The van der Waals surface area contributed by atoms with Gasteiger partial charge in [0, 0.05) is 43.8 Å². The van der Waals surface area contributed by atoms with Crippen molar-refractivity contribution in [3.8, 4) is 0 Å². The number of piperazine rings is 1. The number of guanidine groups is 1. The van der Waals surface area contributed by atoms with Crippen molar-refractivity contribution in [1.29, 1.82) is 0 Å². The van der Waals surface area contributed by atoms with E-state index in [2.05, 4.69) is 61.0 Å². The summed E-state index contributed by atoms with van der Waals surface area (Å²) in [5.74, 6) is 1.05. The van der Waals surface area contributed by atoms with Crippen LogP contribution in [0.4, 0.5) is 5.69 Å². The van der Waals surface area contributed by atoms with Gasteiger partial charge in [-0.15, -0.1) is 24.0 Å². The Bertz CT molecular complexity index is 622. The molecule has 5 nitrogen and oxygen atoms in total. The van der Waals surface area contributed by atoms with E-state index in [-0.39, 0.29) is 29.4 Å². The molecule has 26 heavy (non-hydrogen) atoms. The number of aliphatic imine (C=N–C) groups is 1. The number of benzene rings is 1. The molecule has 0 amide bonds. The molecule has 1 aromatic rings. The van der Waals surface area contributed by atoms with Gasteiger partial charge in [0.15, 0.2) is 5.96 Å². The van der Waals surface area contributed by atoms with Crippen LogP contribution in [0.5, 0.6) is 0 Å². The quantitative estimate of drug-likeness (QED) is 0.416. The van der Waals surface area contributed by atoms with E-state index in [1.54, 1.807) is 0 Å². The predicted octanol–water partition coefficient (Wildman–Crippen LogP) is 3.05. The third kappa shape index (κ3) is 4.82. The van der Waals surface area contributed by atoms with E-state index in [0.29, 0.717) is 0 Å². The first-order valence-corrected chi connectivity index (χ1v) is 9.44. The molecule has 0 atom stereocenters. The Morgan fingerprint density at radius 2 is 1.88 bits per heavy atom. The summed E-state index contributed by atoms with van der Waals surface area (Å²) in [5, 5.41) is 3.46. The minimum atomic E-state index is 0. The van der Waals surface area contributed by atoms with E-state index < -0.39 is 0 Å². The predicted molar refractivity (Wildman–Crippen MR) is 120 cm³/mol. The van der Waals surface area contributed by atoms with E-state index >= 15 is 0 Å². The average molecular weight is 472 g/mol. The molecule has 0 aliphatic carbocycles. The highest BCUT2D eigenvalue weighted by molar-refractivity contribution is 14.0. The summed E-state index contributed by atoms with van der Waals surface area (Å²) < 4.78 is 5.35. The van der Waals surface area contributed by atoms with Crippen LogP contribution in [0, 0.1) is 19.3 Å². The standard InChI is InChI=1S/C20H32N4O.HI/c1-5-21-19(22-13-20(4)14-25-15-20)24-11-9-23(10-12-24)18-8-6-7-16(2)17(18)3;/h6-8H,5,9-15H2,1-4H3,(H,21,22);1H. The average Bonchev–Trinajstić information content (AvgIpc) is 2.59. The van der Waals surface area contributed by atoms with Gasteiger partial charge in [-0.1, -0.05) is 19.1 Å². The Morgan fingerprint density at radius 1 is 1.19 bits per heavy atom. The molecule has 2 aliphatic heterocycles. The molecule has 2 heterocycles. The van der Waals surface area contributed by atoms with Gasteiger partial charge in [0.2, 0.25) is 0 Å². The highest BCUT2D eigenvalue weighted by atomic mass is 127. The Labute approximate surface area is 175 Å². The van der Waals surface area contributed by atoms with Gasteiger partial charge in [0.25, 0.3) is 0 Å². The molecule has 6 heteroatoms. The van der Waals surface area contributed by atoms with Crippen molar-refractivity contribution in [3.05, 3.63) is 29.3 Å². The molecule has 0 saturated carbocycles. The van der Waals surface area contributed by atoms with Gasteiger partial charge in [-0.05, 0) is 38.0 Å². The van der Waals surface area contributed by atoms with E-state index in [1.165, 1.54) is 16.8 Å². The number of hydrogen-bond acceptors (Lipinski definition) is 3. The summed E-state index contributed by atoms with van der Waals surface area (Å²) in [6.45, 7) is 16.3. The molecule has 146 valence electrons. The monoisotopic (exact) mass is 472 g/mol. The zero-order valence-corrected chi connectivity index (χ0v) is 18.9. The number of nitrogens with one attached hydrogen (secondary N) is 1. The first-order valence-electron chi connectivity index (χ1n) is 9.44. The number of halogens is 1. The molecule has 0 spiro atoms. The van der Waals surface area contributed by atoms with Crippen LogP contribution in [0.15, 0.2) is 23.2 Å². The molecule has 2 aliphatic rings. The summed E-state index contributed by atoms with van der Waals surface area (Å²) in [5.41, 5.74) is 4.36. The second-order valence-electron chi connectivity index (χ2n) is 7.67. The SMILES string of the molecule is CCNC(=NCC1(C)COC1)N1CCN(c2cccc(C)c2C)CC1.I. The Balaban J connectivity index is 0.00000243. The lowest BCUT2D eigenvalue weighted by atomic mass is 9.89. The second kappa shape index (κ2) is 9.26. The lowest BCUT2D eigenvalue weighted by Gasteiger charge is -2.40. The van der Waals surface area contributed by atoms with E-state index in [9.17, 15) is 0 Å². The van der Waals surface area contributed by atoms with E-state index in [4.69, 9.17) is 9.73 Å². The van der Waals surface area contributed by atoms with Crippen molar-refractivity contribution in [2.24, 2.45) is 10.4 Å². The van der Waals surface area contributed by atoms with Crippen molar-refractivity contribution in [3.63, 3.8) is 0 Å². The van der Waals surface area contributed by atoms with Crippen LogP contribution in [0.25, 0.3) is 0 Å². The third-order valence-corrected chi connectivity index (χ3v) is 5.34. The van der Waals surface area contributed by atoms with Crippen LogP contribution in [0.1, 0.15) is 25.0 Å². The summed E-state index contributed by atoms with van der Waals surface area (Å²) >= 11 is 0. The van der Waals surface area contributed by atoms with Crippen LogP contribution in [-0.2, 0) is 4.74 Å². The maximum absolute atomic E-state index is 5.35. The van der Waals surface area contributed by atoms with E-state index in [1.807, 2.05) is 0 Å². The van der Waals surface area contributed by atoms with Gasteiger partial charge in [0.05, 0.1) is 19.8 Å². The number of ether oxygens (including phenoxy) is 1. The van der Waals surface area contributed by atoms with Gasteiger partial charge in [-0.2, -0.15) is 0 Å². The molecule has 3 rings (SSSR count). The fourth-order valence-corrected chi connectivity index (χ4v) is 3.47. The number of hydrogen-bond donors (Lipinski definition) is 1. The number of rotatable bonds is 4. The molecule has 2 saturated heterocycles. The Kier molecular flexibility index (Phi) is 7.58. The molecule has 0 aromatic heterocycles. The van der Waals surface area contributed by atoms with Crippen LogP contribution < -0.4 is 10.2 Å². The molecule has 0 unspecified atom stereocenters. The molecule has 2 fully saturated rings. The highest BCUT2D eigenvalue weighted by Crippen LogP contribution is 2.27.